The molecule has 20 heavy (non-hydrogen) atoms. The summed E-state index contributed by atoms with van der Waals surface area (Å²) < 4.78 is 19.2. The van der Waals surface area contributed by atoms with Gasteiger partial charge in [0.15, 0.2) is 0 Å². The first-order valence-corrected chi connectivity index (χ1v) is 6.58. The number of nitrogens with one attached hydrogen (secondary N) is 1. The normalized spacial score (nSPS) is 12.0. The number of ether oxygens (including phenoxy) is 1. The smallest absolute Gasteiger partial charge is 0.149 e. The Bertz CT molecular complexity index is 589. The third kappa shape index (κ3) is 3.23. The molecule has 1 aromatic carbocycles. The van der Waals surface area contributed by atoms with Gasteiger partial charge in [0.2, 0.25) is 0 Å². The van der Waals surface area contributed by atoms with E-state index < -0.39 is 0 Å². The van der Waals surface area contributed by atoms with Gasteiger partial charge >= 0.3 is 0 Å². The van der Waals surface area contributed by atoms with Crippen molar-refractivity contribution in [2.75, 3.05) is 11.9 Å². The lowest BCUT2D eigenvalue weighted by Gasteiger charge is -2.17. The Hall–Kier alpha value is -2.17. The monoisotopic (exact) mass is 275 g/mol. The summed E-state index contributed by atoms with van der Waals surface area (Å²) >= 11 is 0. The van der Waals surface area contributed by atoms with Gasteiger partial charge in [-0.05, 0) is 32.9 Å². The van der Waals surface area contributed by atoms with Crippen LogP contribution in [0.2, 0.25) is 0 Å². The molecule has 0 aliphatic heterocycles. The Labute approximate surface area is 118 Å². The van der Waals surface area contributed by atoms with Gasteiger partial charge in [0, 0.05) is 18.5 Å². The zero-order chi connectivity index (χ0) is 14.5. The summed E-state index contributed by atoms with van der Waals surface area (Å²) in [6.45, 7) is 6.19. The second-order valence-electron chi connectivity index (χ2n) is 4.47. The Kier molecular flexibility index (Phi) is 4.50. The van der Waals surface area contributed by atoms with Crippen LogP contribution in [0.4, 0.5) is 10.1 Å². The zero-order valence-corrected chi connectivity index (χ0v) is 11.9. The van der Waals surface area contributed by atoms with Crippen LogP contribution in [0.1, 0.15) is 31.3 Å². The minimum Gasteiger partial charge on any atom is -0.494 e. The van der Waals surface area contributed by atoms with Crippen molar-refractivity contribution in [3.05, 3.63) is 47.8 Å². The highest BCUT2D eigenvalue weighted by molar-refractivity contribution is 5.49. The second kappa shape index (κ2) is 6.32. The number of nitrogens with zero attached hydrogens (tertiary/aromatic N) is 2. The fourth-order valence-corrected chi connectivity index (χ4v) is 2.01. The minimum atomic E-state index is -0.343. The molecule has 0 saturated carbocycles. The number of aryl methyl sites for hydroxylation is 1. The third-order valence-corrected chi connectivity index (χ3v) is 2.95. The van der Waals surface area contributed by atoms with E-state index in [1.54, 1.807) is 24.5 Å². The standard InChI is InChI=1S/C15H18FN3O/c1-4-20-12-5-6-14(13(16)9-12)19-11(3)15-10(2)17-7-8-18-15/h5-9,11,19H,4H2,1-3H3. The van der Waals surface area contributed by atoms with Crippen molar-refractivity contribution >= 4 is 5.69 Å². The molecule has 1 atom stereocenters. The molecule has 0 fully saturated rings. The van der Waals surface area contributed by atoms with E-state index in [1.807, 2.05) is 20.8 Å². The van der Waals surface area contributed by atoms with E-state index in [0.717, 1.165) is 11.4 Å². The summed E-state index contributed by atoms with van der Waals surface area (Å²) in [6.07, 6.45) is 3.28. The van der Waals surface area contributed by atoms with Crippen molar-refractivity contribution in [2.24, 2.45) is 0 Å². The maximum atomic E-state index is 14.0. The van der Waals surface area contributed by atoms with Crippen LogP contribution in [0.5, 0.6) is 5.75 Å². The average Bonchev–Trinajstić information content (AvgIpc) is 2.42. The SMILES string of the molecule is CCOc1ccc(NC(C)c2nccnc2C)c(F)c1. The van der Waals surface area contributed by atoms with E-state index in [1.165, 1.54) is 6.07 Å². The van der Waals surface area contributed by atoms with Crippen LogP contribution in [-0.4, -0.2) is 16.6 Å². The van der Waals surface area contributed by atoms with E-state index in [4.69, 9.17) is 4.74 Å². The Morgan fingerprint density at radius 1 is 1.30 bits per heavy atom. The Morgan fingerprint density at radius 3 is 2.70 bits per heavy atom. The van der Waals surface area contributed by atoms with Crippen LogP contribution >= 0.6 is 0 Å². The van der Waals surface area contributed by atoms with Crippen molar-refractivity contribution in [2.45, 2.75) is 26.8 Å². The number of hydrogen-bond donors (Lipinski definition) is 1. The number of halogens is 1. The van der Waals surface area contributed by atoms with Crippen LogP contribution in [0.15, 0.2) is 30.6 Å². The third-order valence-electron chi connectivity index (χ3n) is 2.95. The molecular weight excluding hydrogens is 257 g/mol. The first-order chi connectivity index (χ1) is 9.61. The van der Waals surface area contributed by atoms with Crippen molar-refractivity contribution in [1.82, 2.24) is 9.97 Å². The highest BCUT2D eigenvalue weighted by Gasteiger charge is 2.13. The molecule has 0 radical (unpaired) electrons. The lowest BCUT2D eigenvalue weighted by molar-refractivity contribution is 0.338. The molecule has 1 unspecified atom stereocenters. The number of aromatic nitrogens is 2. The maximum Gasteiger partial charge on any atom is 0.149 e. The lowest BCUT2D eigenvalue weighted by Crippen LogP contribution is -2.12. The van der Waals surface area contributed by atoms with Gasteiger partial charge in [0.25, 0.3) is 0 Å². The molecule has 0 aliphatic rings. The molecule has 0 saturated heterocycles. The lowest BCUT2D eigenvalue weighted by atomic mass is 10.1. The zero-order valence-electron chi connectivity index (χ0n) is 11.9. The van der Waals surface area contributed by atoms with Crippen LogP contribution in [0.3, 0.4) is 0 Å². The molecule has 0 aliphatic carbocycles. The average molecular weight is 275 g/mol. The van der Waals surface area contributed by atoms with Crippen molar-refractivity contribution < 1.29 is 9.13 Å². The molecule has 106 valence electrons. The molecule has 2 aromatic rings. The molecule has 1 aromatic heterocycles. The molecule has 5 heteroatoms. The highest BCUT2D eigenvalue weighted by atomic mass is 19.1. The van der Waals surface area contributed by atoms with Gasteiger partial charge < -0.3 is 10.1 Å². The second-order valence-corrected chi connectivity index (χ2v) is 4.47. The van der Waals surface area contributed by atoms with Gasteiger partial charge in [0.1, 0.15) is 11.6 Å². The highest BCUT2D eigenvalue weighted by Crippen LogP contribution is 2.25. The quantitative estimate of drug-likeness (QED) is 0.907. The van der Waals surface area contributed by atoms with E-state index in [0.29, 0.717) is 18.0 Å². The minimum absolute atomic E-state index is 0.129. The van der Waals surface area contributed by atoms with Crippen molar-refractivity contribution in [3.8, 4) is 5.75 Å². The molecular formula is C15H18FN3O. The van der Waals surface area contributed by atoms with Crippen molar-refractivity contribution in [3.63, 3.8) is 0 Å². The summed E-state index contributed by atoms with van der Waals surface area (Å²) in [5, 5.41) is 3.10. The van der Waals surface area contributed by atoms with E-state index in [9.17, 15) is 4.39 Å². The summed E-state index contributed by atoms with van der Waals surface area (Å²) in [7, 11) is 0. The predicted molar refractivity (Wildman–Crippen MR) is 76.4 cm³/mol. The first kappa shape index (κ1) is 14.2. The van der Waals surface area contributed by atoms with E-state index >= 15 is 0 Å². The number of hydrogen-bond acceptors (Lipinski definition) is 4. The molecule has 1 N–H and O–H groups in total. The molecule has 2 rings (SSSR count). The molecule has 0 spiro atoms. The Balaban J connectivity index is 2.16. The van der Waals surface area contributed by atoms with E-state index in [2.05, 4.69) is 15.3 Å². The largest absolute Gasteiger partial charge is 0.494 e. The molecule has 1 heterocycles. The van der Waals surface area contributed by atoms with Crippen LogP contribution in [0.25, 0.3) is 0 Å². The van der Waals surface area contributed by atoms with Gasteiger partial charge in [-0.1, -0.05) is 0 Å². The Morgan fingerprint density at radius 2 is 2.05 bits per heavy atom. The van der Waals surface area contributed by atoms with Gasteiger partial charge in [0.05, 0.1) is 29.7 Å². The first-order valence-electron chi connectivity index (χ1n) is 6.58. The van der Waals surface area contributed by atoms with Gasteiger partial charge in [-0.2, -0.15) is 0 Å². The molecule has 4 nitrogen and oxygen atoms in total. The van der Waals surface area contributed by atoms with Crippen LogP contribution in [0, 0.1) is 12.7 Å². The number of anilines is 1. The predicted octanol–water partition coefficient (Wildman–Crippen LogP) is 3.50. The summed E-state index contributed by atoms with van der Waals surface area (Å²) in [4.78, 5) is 8.47. The van der Waals surface area contributed by atoms with Gasteiger partial charge in [-0.25, -0.2) is 4.39 Å². The molecule has 0 bridgehead atoms. The fourth-order valence-electron chi connectivity index (χ4n) is 2.01. The van der Waals surface area contributed by atoms with Gasteiger partial charge in [-0.15, -0.1) is 0 Å². The summed E-state index contributed by atoms with van der Waals surface area (Å²) in [5.41, 5.74) is 2.06. The van der Waals surface area contributed by atoms with E-state index in [-0.39, 0.29) is 11.9 Å². The summed E-state index contributed by atoms with van der Waals surface area (Å²) in [5.74, 6) is 0.184. The molecule has 0 amide bonds. The van der Waals surface area contributed by atoms with Crippen LogP contribution < -0.4 is 10.1 Å². The number of benzene rings is 1. The van der Waals surface area contributed by atoms with Gasteiger partial charge in [-0.3, -0.25) is 9.97 Å². The van der Waals surface area contributed by atoms with Crippen LogP contribution in [-0.2, 0) is 0 Å². The summed E-state index contributed by atoms with van der Waals surface area (Å²) in [6, 6.07) is 4.66. The van der Waals surface area contributed by atoms with Crippen molar-refractivity contribution in [1.29, 1.82) is 0 Å². The topological polar surface area (TPSA) is 47.0 Å². The maximum absolute atomic E-state index is 14.0. The fraction of sp³-hybridized carbons (Fsp3) is 0.333. The number of rotatable bonds is 5.